The minimum Gasteiger partial charge on any atom is -0.462 e. The molecule has 0 fully saturated rings. The number of thiocarbonyl (C=S) groups is 1. The van der Waals surface area contributed by atoms with Crippen LogP contribution in [-0.2, 0) is 4.74 Å². The van der Waals surface area contributed by atoms with Crippen molar-refractivity contribution in [3.05, 3.63) is 16.5 Å². The van der Waals surface area contributed by atoms with Gasteiger partial charge < -0.3 is 15.4 Å². The molecule has 0 aliphatic rings. The van der Waals surface area contributed by atoms with Crippen LogP contribution in [0.4, 0.5) is 5.00 Å². The number of rotatable bonds is 7. The minimum atomic E-state index is -0.276. The molecule has 0 saturated heterocycles. The largest absolute Gasteiger partial charge is 0.462 e. The molecule has 0 amide bonds. The lowest BCUT2D eigenvalue weighted by atomic mass is 10.3. The second-order valence-electron chi connectivity index (χ2n) is 4.07. The molecule has 1 aromatic rings. The van der Waals surface area contributed by atoms with Gasteiger partial charge in [0.1, 0.15) is 4.88 Å². The second-order valence-corrected chi connectivity index (χ2v) is 6.52. The monoisotopic (exact) mass is 332 g/mol. The predicted molar refractivity (Wildman–Crippen MR) is 92.2 cm³/mol. The maximum Gasteiger partial charge on any atom is 0.348 e. The molecule has 0 unspecified atom stereocenters. The molecule has 0 spiro atoms. The number of thioether (sulfide) groups is 1. The maximum atomic E-state index is 11.7. The van der Waals surface area contributed by atoms with Gasteiger partial charge in [0.15, 0.2) is 5.11 Å². The van der Waals surface area contributed by atoms with E-state index in [1.807, 2.05) is 24.8 Å². The fraction of sp³-hybridized carbons (Fsp3) is 0.538. The molecule has 20 heavy (non-hydrogen) atoms. The summed E-state index contributed by atoms with van der Waals surface area (Å²) in [5.74, 6) is 0.836. The molecule has 0 aliphatic carbocycles. The Kier molecular flexibility index (Phi) is 7.94. The lowest BCUT2D eigenvalue weighted by Gasteiger charge is -2.08. The van der Waals surface area contributed by atoms with Gasteiger partial charge in [-0.15, -0.1) is 11.3 Å². The van der Waals surface area contributed by atoms with Crippen molar-refractivity contribution in [3.63, 3.8) is 0 Å². The Morgan fingerprint density at radius 1 is 1.55 bits per heavy atom. The summed E-state index contributed by atoms with van der Waals surface area (Å²) in [6.45, 7) is 4.92. The first-order valence-electron chi connectivity index (χ1n) is 6.39. The van der Waals surface area contributed by atoms with Crippen molar-refractivity contribution in [1.82, 2.24) is 5.32 Å². The zero-order valence-corrected chi connectivity index (χ0v) is 14.4. The number of nitrogens with one attached hydrogen (secondary N) is 2. The van der Waals surface area contributed by atoms with Crippen molar-refractivity contribution >= 4 is 51.4 Å². The van der Waals surface area contributed by atoms with Crippen molar-refractivity contribution < 1.29 is 9.53 Å². The fourth-order valence-corrected chi connectivity index (χ4v) is 3.20. The molecule has 1 rings (SSSR count). The van der Waals surface area contributed by atoms with Crippen molar-refractivity contribution in [1.29, 1.82) is 0 Å². The highest BCUT2D eigenvalue weighted by Crippen LogP contribution is 2.27. The highest BCUT2D eigenvalue weighted by atomic mass is 32.2. The molecule has 112 valence electrons. The van der Waals surface area contributed by atoms with Gasteiger partial charge in [-0.1, -0.05) is 0 Å². The van der Waals surface area contributed by atoms with Crippen LogP contribution in [0.15, 0.2) is 6.07 Å². The molecular weight excluding hydrogens is 312 g/mol. The van der Waals surface area contributed by atoms with E-state index in [-0.39, 0.29) is 5.97 Å². The van der Waals surface area contributed by atoms with Gasteiger partial charge >= 0.3 is 5.97 Å². The first kappa shape index (κ1) is 17.3. The SMILES string of the molecule is CCOC(=O)c1sc(NC(=S)NCCCSC)cc1C. The van der Waals surface area contributed by atoms with E-state index < -0.39 is 0 Å². The minimum absolute atomic E-state index is 0.276. The van der Waals surface area contributed by atoms with E-state index in [4.69, 9.17) is 17.0 Å². The summed E-state index contributed by atoms with van der Waals surface area (Å²) < 4.78 is 5.01. The highest BCUT2D eigenvalue weighted by molar-refractivity contribution is 7.98. The van der Waals surface area contributed by atoms with Crippen LogP contribution in [0.3, 0.4) is 0 Å². The molecular formula is C13H20N2O2S3. The van der Waals surface area contributed by atoms with Gasteiger partial charge in [0.25, 0.3) is 0 Å². The molecule has 0 bridgehead atoms. The van der Waals surface area contributed by atoms with Gasteiger partial charge in [0, 0.05) is 6.54 Å². The van der Waals surface area contributed by atoms with Gasteiger partial charge in [-0.05, 0) is 56.1 Å². The Labute approximate surface area is 133 Å². The van der Waals surface area contributed by atoms with Gasteiger partial charge in [0.05, 0.1) is 11.6 Å². The average molecular weight is 333 g/mol. The Hall–Kier alpha value is -0.790. The summed E-state index contributed by atoms with van der Waals surface area (Å²) in [4.78, 5) is 12.3. The summed E-state index contributed by atoms with van der Waals surface area (Å²) in [5.41, 5.74) is 0.904. The fourth-order valence-electron chi connectivity index (χ4n) is 1.52. The first-order chi connectivity index (χ1) is 9.58. The Morgan fingerprint density at radius 3 is 2.95 bits per heavy atom. The topological polar surface area (TPSA) is 50.4 Å². The third-order valence-corrected chi connectivity index (χ3v) is 4.50. The van der Waals surface area contributed by atoms with Crippen LogP contribution in [-0.4, -0.2) is 36.2 Å². The van der Waals surface area contributed by atoms with Crippen LogP contribution in [0.5, 0.6) is 0 Å². The van der Waals surface area contributed by atoms with Crippen molar-refractivity contribution in [2.75, 3.05) is 30.5 Å². The third kappa shape index (κ3) is 5.68. The highest BCUT2D eigenvalue weighted by Gasteiger charge is 2.14. The van der Waals surface area contributed by atoms with Gasteiger partial charge in [-0.2, -0.15) is 11.8 Å². The second kappa shape index (κ2) is 9.20. The van der Waals surface area contributed by atoms with Gasteiger partial charge in [-0.3, -0.25) is 0 Å². The van der Waals surface area contributed by atoms with Crippen LogP contribution in [0.2, 0.25) is 0 Å². The Morgan fingerprint density at radius 2 is 2.30 bits per heavy atom. The molecule has 0 aliphatic heterocycles. The molecule has 0 aromatic carbocycles. The molecule has 1 heterocycles. The van der Waals surface area contributed by atoms with Gasteiger partial charge in [0.2, 0.25) is 0 Å². The van der Waals surface area contributed by atoms with E-state index in [2.05, 4.69) is 16.9 Å². The van der Waals surface area contributed by atoms with Crippen molar-refractivity contribution in [2.45, 2.75) is 20.3 Å². The van der Waals surface area contributed by atoms with E-state index in [0.717, 1.165) is 29.3 Å². The van der Waals surface area contributed by atoms with Crippen LogP contribution >= 0.6 is 35.3 Å². The third-order valence-electron chi connectivity index (χ3n) is 2.43. The van der Waals surface area contributed by atoms with Crippen LogP contribution in [0, 0.1) is 6.92 Å². The van der Waals surface area contributed by atoms with Crippen LogP contribution in [0.25, 0.3) is 0 Å². The molecule has 4 nitrogen and oxygen atoms in total. The summed E-state index contributed by atoms with van der Waals surface area (Å²) in [6, 6.07) is 1.91. The van der Waals surface area contributed by atoms with Crippen LogP contribution < -0.4 is 10.6 Å². The number of aryl methyl sites for hydroxylation is 1. The zero-order valence-electron chi connectivity index (χ0n) is 11.9. The lowest BCUT2D eigenvalue weighted by molar-refractivity contribution is 0.0531. The van der Waals surface area contributed by atoms with E-state index >= 15 is 0 Å². The molecule has 2 N–H and O–H groups in total. The van der Waals surface area contributed by atoms with E-state index in [0.29, 0.717) is 16.6 Å². The van der Waals surface area contributed by atoms with Crippen molar-refractivity contribution in [2.24, 2.45) is 0 Å². The van der Waals surface area contributed by atoms with Crippen molar-refractivity contribution in [3.8, 4) is 0 Å². The quantitative estimate of drug-likeness (QED) is 0.454. The average Bonchev–Trinajstić information content (AvgIpc) is 2.76. The number of esters is 1. The van der Waals surface area contributed by atoms with E-state index in [9.17, 15) is 4.79 Å². The standard InChI is InChI=1S/C13H20N2O2S3/c1-4-17-12(16)11-9(2)8-10(20-11)15-13(18)14-6-5-7-19-3/h8H,4-7H2,1-3H3,(H2,14,15,18). The summed E-state index contributed by atoms with van der Waals surface area (Å²) in [6.07, 6.45) is 3.16. The number of hydrogen-bond donors (Lipinski definition) is 2. The number of carbonyl (C=O) groups is 1. The summed E-state index contributed by atoms with van der Waals surface area (Å²) in [7, 11) is 0. The number of carbonyl (C=O) groups excluding carboxylic acids is 1. The molecule has 0 saturated carbocycles. The molecule has 7 heteroatoms. The Balaban J connectivity index is 2.50. The molecule has 0 radical (unpaired) electrons. The normalized spacial score (nSPS) is 10.2. The maximum absolute atomic E-state index is 11.7. The summed E-state index contributed by atoms with van der Waals surface area (Å²) >= 11 is 8.40. The first-order valence-corrected chi connectivity index (χ1v) is 9.01. The lowest BCUT2D eigenvalue weighted by Crippen LogP contribution is -2.29. The summed E-state index contributed by atoms with van der Waals surface area (Å²) in [5, 5.41) is 7.69. The predicted octanol–water partition coefficient (Wildman–Crippen LogP) is 3.27. The van der Waals surface area contributed by atoms with E-state index in [1.165, 1.54) is 11.3 Å². The Bertz CT molecular complexity index is 460. The smallest absolute Gasteiger partial charge is 0.348 e. The van der Waals surface area contributed by atoms with Gasteiger partial charge in [-0.25, -0.2) is 4.79 Å². The number of thiophene rings is 1. The number of anilines is 1. The molecule has 0 atom stereocenters. The molecule has 1 aromatic heterocycles. The number of hydrogen-bond acceptors (Lipinski definition) is 5. The zero-order chi connectivity index (χ0) is 15.0. The van der Waals surface area contributed by atoms with Crippen LogP contribution in [0.1, 0.15) is 28.6 Å². The van der Waals surface area contributed by atoms with E-state index in [1.54, 1.807) is 6.92 Å². The number of ether oxygens (including phenoxy) is 1.